The number of aryl methyl sites for hydroxylation is 2. The molecule has 1 atom stereocenters. The van der Waals surface area contributed by atoms with Gasteiger partial charge in [0.05, 0.1) is 5.25 Å². The van der Waals surface area contributed by atoms with Crippen LogP contribution in [-0.2, 0) is 24.2 Å². The number of aromatic amines is 1. The molecule has 0 bridgehead atoms. The Hall–Kier alpha value is -2.02. The third-order valence-electron chi connectivity index (χ3n) is 4.19. The minimum atomic E-state index is -0.343. The molecule has 7 heteroatoms. The minimum Gasteiger partial charge on any atom is -0.325 e. The van der Waals surface area contributed by atoms with Gasteiger partial charge in [0.15, 0.2) is 5.16 Å². The van der Waals surface area contributed by atoms with Gasteiger partial charge in [0.25, 0.3) is 0 Å². The highest BCUT2D eigenvalue weighted by Crippen LogP contribution is 2.26. The lowest BCUT2D eigenvalue weighted by molar-refractivity contribution is -0.115. The summed E-state index contributed by atoms with van der Waals surface area (Å²) in [7, 11) is 0. The van der Waals surface area contributed by atoms with E-state index in [9.17, 15) is 9.59 Å². The van der Waals surface area contributed by atoms with E-state index < -0.39 is 0 Å². The maximum absolute atomic E-state index is 12.4. The van der Waals surface area contributed by atoms with Crippen molar-refractivity contribution in [2.75, 3.05) is 5.32 Å². The van der Waals surface area contributed by atoms with E-state index >= 15 is 0 Å². The van der Waals surface area contributed by atoms with Crippen LogP contribution >= 0.6 is 11.8 Å². The number of H-pyrrole nitrogens is 1. The van der Waals surface area contributed by atoms with Crippen molar-refractivity contribution in [3.8, 4) is 0 Å². The molecule has 0 fully saturated rings. The summed E-state index contributed by atoms with van der Waals surface area (Å²) in [4.78, 5) is 24.1. The van der Waals surface area contributed by atoms with Crippen LogP contribution in [0.1, 0.15) is 37.8 Å². The van der Waals surface area contributed by atoms with Crippen molar-refractivity contribution in [2.45, 2.75) is 56.5 Å². The molecule has 1 amide bonds. The zero-order valence-corrected chi connectivity index (χ0v) is 14.8. The van der Waals surface area contributed by atoms with Gasteiger partial charge in [-0.25, -0.2) is 9.89 Å². The standard InChI is InChI=1S/C17H22N4O2S/c1-3-9-21-16(23)19-20-17(21)24-11(2)15(22)18-14-8-7-12-5-4-6-13(12)10-14/h7-8,10-11H,3-6,9H2,1-2H3,(H,18,22)(H,19,23)/t11-/m1/s1. The van der Waals surface area contributed by atoms with Crippen molar-refractivity contribution < 1.29 is 4.79 Å². The summed E-state index contributed by atoms with van der Waals surface area (Å²) < 4.78 is 1.57. The SMILES string of the molecule is CCCn1c(S[C@H](C)C(=O)Nc2ccc3c(c2)CCC3)n[nH]c1=O. The second kappa shape index (κ2) is 7.25. The number of anilines is 1. The molecule has 0 saturated carbocycles. The van der Waals surface area contributed by atoms with Crippen LogP contribution in [-0.4, -0.2) is 25.9 Å². The molecule has 0 unspecified atom stereocenters. The first-order chi connectivity index (χ1) is 11.6. The van der Waals surface area contributed by atoms with Gasteiger partial charge in [0.1, 0.15) is 0 Å². The fourth-order valence-corrected chi connectivity index (χ4v) is 3.80. The fraction of sp³-hybridized carbons (Fsp3) is 0.471. The van der Waals surface area contributed by atoms with E-state index in [0.717, 1.165) is 24.9 Å². The number of amides is 1. The number of hydrogen-bond donors (Lipinski definition) is 2. The van der Waals surface area contributed by atoms with Gasteiger partial charge in [-0.15, -0.1) is 5.10 Å². The van der Waals surface area contributed by atoms with E-state index in [1.807, 2.05) is 19.9 Å². The number of nitrogens with zero attached hydrogens (tertiary/aromatic N) is 2. The van der Waals surface area contributed by atoms with Crippen LogP contribution < -0.4 is 11.0 Å². The third-order valence-corrected chi connectivity index (χ3v) is 5.28. The topological polar surface area (TPSA) is 79.8 Å². The molecule has 0 radical (unpaired) electrons. The van der Waals surface area contributed by atoms with Crippen molar-refractivity contribution in [2.24, 2.45) is 0 Å². The molecule has 24 heavy (non-hydrogen) atoms. The lowest BCUT2D eigenvalue weighted by Crippen LogP contribution is -2.24. The minimum absolute atomic E-state index is 0.0866. The fourth-order valence-electron chi connectivity index (χ4n) is 2.92. The first-order valence-electron chi connectivity index (χ1n) is 8.33. The molecule has 1 aromatic heterocycles. The Balaban J connectivity index is 1.66. The van der Waals surface area contributed by atoms with Gasteiger partial charge in [-0.2, -0.15) is 0 Å². The Morgan fingerprint density at radius 3 is 3.00 bits per heavy atom. The van der Waals surface area contributed by atoms with E-state index in [0.29, 0.717) is 11.7 Å². The summed E-state index contributed by atoms with van der Waals surface area (Å²) >= 11 is 1.29. The summed E-state index contributed by atoms with van der Waals surface area (Å²) in [5.74, 6) is -0.0866. The highest BCUT2D eigenvalue weighted by atomic mass is 32.2. The lowest BCUT2D eigenvalue weighted by Gasteiger charge is -2.13. The number of rotatable bonds is 6. The highest BCUT2D eigenvalue weighted by molar-refractivity contribution is 8.00. The largest absolute Gasteiger partial charge is 0.343 e. The second-order valence-corrected chi connectivity index (χ2v) is 7.36. The van der Waals surface area contributed by atoms with Crippen molar-refractivity contribution in [1.82, 2.24) is 14.8 Å². The van der Waals surface area contributed by atoms with Gasteiger partial charge < -0.3 is 5.32 Å². The average molecular weight is 346 g/mol. The summed E-state index contributed by atoms with van der Waals surface area (Å²) in [6, 6.07) is 6.13. The molecule has 0 saturated heterocycles. The van der Waals surface area contributed by atoms with Crippen LogP contribution in [0.5, 0.6) is 0 Å². The molecular weight excluding hydrogens is 324 g/mol. The van der Waals surface area contributed by atoms with Crippen molar-refractivity contribution in [1.29, 1.82) is 0 Å². The highest BCUT2D eigenvalue weighted by Gasteiger charge is 2.19. The van der Waals surface area contributed by atoms with E-state index in [1.54, 1.807) is 4.57 Å². The van der Waals surface area contributed by atoms with Gasteiger partial charge in [0, 0.05) is 12.2 Å². The van der Waals surface area contributed by atoms with Crippen LogP contribution in [0.4, 0.5) is 5.69 Å². The number of thioether (sulfide) groups is 1. The Morgan fingerprint density at radius 2 is 2.21 bits per heavy atom. The van der Waals surface area contributed by atoms with E-state index in [2.05, 4.69) is 27.6 Å². The smallest absolute Gasteiger partial charge is 0.325 e. The quantitative estimate of drug-likeness (QED) is 0.788. The Morgan fingerprint density at radius 1 is 1.42 bits per heavy atom. The molecule has 1 heterocycles. The van der Waals surface area contributed by atoms with Gasteiger partial charge in [-0.1, -0.05) is 24.8 Å². The van der Waals surface area contributed by atoms with Crippen LogP contribution in [0.15, 0.2) is 28.2 Å². The summed E-state index contributed by atoms with van der Waals surface area (Å²) in [6.07, 6.45) is 4.24. The molecule has 1 aliphatic rings. The van der Waals surface area contributed by atoms with Gasteiger partial charge in [-0.3, -0.25) is 9.36 Å². The predicted molar refractivity (Wildman–Crippen MR) is 95.6 cm³/mol. The maximum Gasteiger partial charge on any atom is 0.343 e. The number of benzene rings is 1. The molecule has 2 N–H and O–H groups in total. The number of aromatic nitrogens is 3. The maximum atomic E-state index is 12.4. The van der Waals surface area contributed by atoms with Crippen LogP contribution in [0, 0.1) is 0 Å². The van der Waals surface area contributed by atoms with Crippen molar-refractivity contribution >= 4 is 23.4 Å². The molecule has 0 aliphatic heterocycles. The van der Waals surface area contributed by atoms with Crippen molar-refractivity contribution in [3.05, 3.63) is 39.8 Å². The first kappa shape index (κ1) is 16.8. The predicted octanol–water partition coefficient (Wildman–Crippen LogP) is 2.59. The normalized spacial score (nSPS) is 14.4. The zero-order chi connectivity index (χ0) is 17.1. The molecule has 2 aromatic rings. The Labute approximate surface area is 145 Å². The summed E-state index contributed by atoms with van der Waals surface area (Å²) in [5, 5.41) is 9.64. The molecular formula is C17H22N4O2S. The zero-order valence-electron chi connectivity index (χ0n) is 14.0. The molecule has 3 rings (SSSR count). The van der Waals surface area contributed by atoms with Crippen LogP contribution in [0.3, 0.4) is 0 Å². The number of carbonyl (C=O) groups excluding carboxylic acids is 1. The van der Waals surface area contributed by atoms with E-state index in [4.69, 9.17) is 0 Å². The summed E-state index contributed by atoms with van der Waals surface area (Å²) in [6.45, 7) is 4.41. The van der Waals surface area contributed by atoms with Crippen LogP contribution in [0.25, 0.3) is 0 Å². The van der Waals surface area contributed by atoms with Gasteiger partial charge in [-0.05, 0) is 55.9 Å². The third kappa shape index (κ3) is 3.56. The number of hydrogen-bond acceptors (Lipinski definition) is 4. The Kier molecular flexibility index (Phi) is 5.08. The first-order valence-corrected chi connectivity index (χ1v) is 9.21. The van der Waals surface area contributed by atoms with Crippen molar-refractivity contribution in [3.63, 3.8) is 0 Å². The molecule has 128 valence electrons. The lowest BCUT2D eigenvalue weighted by atomic mass is 10.1. The van der Waals surface area contributed by atoms with Gasteiger partial charge in [0.2, 0.25) is 5.91 Å². The van der Waals surface area contributed by atoms with Crippen LogP contribution in [0.2, 0.25) is 0 Å². The van der Waals surface area contributed by atoms with E-state index in [1.165, 1.54) is 29.3 Å². The molecule has 1 aliphatic carbocycles. The van der Waals surface area contributed by atoms with Gasteiger partial charge >= 0.3 is 5.69 Å². The molecule has 6 nitrogen and oxygen atoms in total. The summed E-state index contributed by atoms with van der Waals surface area (Å²) in [5.41, 5.74) is 3.32. The number of nitrogens with one attached hydrogen (secondary N) is 2. The second-order valence-electron chi connectivity index (χ2n) is 6.05. The Bertz CT molecular complexity index is 796. The monoisotopic (exact) mass is 346 g/mol. The number of carbonyl (C=O) groups is 1. The van der Waals surface area contributed by atoms with E-state index in [-0.39, 0.29) is 16.8 Å². The average Bonchev–Trinajstić information content (AvgIpc) is 3.16. The molecule has 0 spiro atoms. The molecule has 1 aromatic carbocycles. The number of fused-ring (bicyclic) bond motifs is 1.